The van der Waals surface area contributed by atoms with Crippen molar-refractivity contribution in [1.82, 2.24) is 0 Å². The molecule has 0 amide bonds. The molecule has 0 aromatic carbocycles. The van der Waals surface area contributed by atoms with Gasteiger partial charge >= 0.3 is 61.5 Å². The van der Waals surface area contributed by atoms with Gasteiger partial charge in [0, 0.05) is 0 Å². The summed E-state index contributed by atoms with van der Waals surface area (Å²) in [4.78, 5) is 0. The second-order valence-corrected chi connectivity index (χ2v) is 0. The average Bonchev–Trinajstić information content (AvgIpc) is 1.00. The molecule has 0 N–H and O–H groups in total. The Labute approximate surface area is 77.0 Å². The Morgan fingerprint density at radius 2 is 1.25 bits per heavy atom. The SMILES string of the molecule is [Br-].[Br][Au].[Na+]. The molecule has 0 spiro atoms. The molecule has 0 fully saturated rings. The summed E-state index contributed by atoms with van der Waals surface area (Å²) in [5.74, 6) is 0. The largest absolute Gasteiger partial charge is 1.00 e. The molecule has 0 aliphatic heterocycles. The predicted octanol–water partition coefficient (Wildman–Crippen LogP) is -5.15. The van der Waals surface area contributed by atoms with Gasteiger partial charge in [-0.2, -0.15) is 0 Å². The maximum absolute atomic E-state index is 2.88. The van der Waals surface area contributed by atoms with Crippen LogP contribution in [0.15, 0.2) is 0 Å². The van der Waals surface area contributed by atoms with Crippen LogP contribution in [0.3, 0.4) is 0 Å². The van der Waals surface area contributed by atoms with E-state index in [4.69, 9.17) is 0 Å². The molecule has 0 aromatic heterocycles. The average molecular weight is 380 g/mol. The Morgan fingerprint density at radius 1 is 1.25 bits per heavy atom. The van der Waals surface area contributed by atoms with E-state index in [2.05, 4.69) is 32.0 Å². The van der Waals surface area contributed by atoms with Crippen molar-refractivity contribution in [3.8, 4) is 0 Å². The molecule has 0 rings (SSSR count). The quantitative estimate of drug-likeness (QED) is 0.369. The molecule has 0 radical (unpaired) electrons. The van der Waals surface area contributed by atoms with E-state index in [1.54, 1.807) is 0 Å². The zero-order valence-electron chi connectivity index (χ0n) is 2.06. The van der Waals surface area contributed by atoms with E-state index in [1.165, 1.54) is 0 Å². The first-order chi connectivity index (χ1) is 1.00. The van der Waals surface area contributed by atoms with Gasteiger partial charge in [-0.15, -0.1) is 0 Å². The molecule has 0 unspecified atom stereocenters. The number of halogens is 2. The summed E-state index contributed by atoms with van der Waals surface area (Å²) in [7, 11) is 0. The molecule has 4 heteroatoms. The Hall–Kier alpha value is 2.70. The second kappa shape index (κ2) is 17.3. The summed E-state index contributed by atoms with van der Waals surface area (Å²) in [5.41, 5.74) is 0. The molecule has 0 aliphatic carbocycles. The van der Waals surface area contributed by atoms with Crippen LogP contribution in [0, 0.1) is 0 Å². The van der Waals surface area contributed by atoms with Crippen LogP contribution in [0.25, 0.3) is 0 Å². The molecule has 26 valence electrons. The van der Waals surface area contributed by atoms with Crippen molar-refractivity contribution in [2.75, 3.05) is 0 Å². The van der Waals surface area contributed by atoms with Crippen molar-refractivity contribution < 1.29 is 65.5 Å². The van der Waals surface area contributed by atoms with E-state index in [-0.39, 0.29) is 46.5 Å². The van der Waals surface area contributed by atoms with Gasteiger partial charge in [0.1, 0.15) is 0 Å². The van der Waals surface area contributed by atoms with Gasteiger partial charge in [0.25, 0.3) is 0 Å². The molecule has 0 atom stereocenters. The van der Waals surface area contributed by atoms with Gasteiger partial charge in [-0.1, -0.05) is 0 Å². The van der Waals surface area contributed by atoms with Crippen LogP contribution in [0.1, 0.15) is 0 Å². The Bertz CT molecular complexity index is 6.00. The van der Waals surface area contributed by atoms with Gasteiger partial charge in [-0.3, -0.25) is 0 Å². The van der Waals surface area contributed by atoms with Crippen LogP contribution in [0.2, 0.25) is 0 Å². The number of rotatable bonds is 0. The molecular weight excluding hydrogens is 380 g/mol. The zero-order valence-corrected chi connectivity index (χ0v) is 9.40. The Balaban J connectivity index is -0.00000000500. The fourth-order valence-electron chi connectivity index (χ4n) is 0. The summed E-state index contributed by atoms with van der Waals surface area (Å²) in [6.07, 6.45) is 0. The van der Waals surface area contributed by atoms with Crippen molar-refractivity contribution in [1.29, 1.82) is 0 Å². The van der Waals surface area contributed by atoms with Crippen LogP contribution in [0.4, 0.5) is 0 Å². The zero-order chi connectivity index (χ0) is 2.00. The predicted molar refractivity (Wildman–Crippen MR) is 8.93 cm³/mol. The van der Waals surface area contributed by atoms with E-state index in [1.807, 2.05) is 0 Å². The van der Waals surface area contributed by atoms with Crippen LogP contribution in [0.5, 0.6) is 0 Å². The standard InChI is InChI=1S/Au.2BrH.Na/h;2*1H;/q+1;;;+1/p-2. The van der Waals surface area contributed by atoms with Crippen LogP contribution in [-0.4, -0.2) is 0 Å². The molecule has 0 saturated heterocycles. The third-order valence-electron chi connectivity index (χ3n) is 0. The van der Waals surface area contributed by atoms with Crippen molar-refractivity contribution in [2.24, 2.45) is 0 Å². The van der Waals surface area contributed by atoms with Crippen molar-refractivity contribution in [2.45, 2.75) is 0 Å². The van der Waals surface area contributed by atoms with Gasteiger partial charge in [0.15, 0.2) is 0 Å². The first-order valence-corrected chi connectivity index (χ1v) is 4.85. The number of hydrogen-bond acceptors (Lipinski definition) is 0. The Morgan fingerprint density at radius 3 is 1.25 bits per heavy atom. The van der Waals surface area contributed by atoms with Gasteiger partial charge in [-0.05, 0) is 0 Å². The maximum Gasteiger partial charge on any atom is 1.00 e. The maximum atomic E-state index is 2.88. The summed E-state index contributed by atoms with van der Waals surface area (Å²) < 4.78 is 0. The molecule has 0 nitrogen and oxygen atoms in total. The summed E-state index contributed by atoms with van der Waals surface area (Å²) in [6.45, 7) is 0. The first kappa shape index (κ1) is 15.9. The fourth-order valence-corrected chi connectivity index (χ4v) is 0. The van der Waals surface area contributed by atoms with Crippen molar-refractivity contribution in [3.63, 3.8) is 0 Å². The van der Waals surface area contributed by atoms with Gasteiger partial charge in [0.2, 0.25) is 0 Å². The third-order valence-corrected chi connectivity index (χ3v) is 0. The minimum absolute atomic E-state index is 0. The molecule has 0 aliphatic rings. The third kappa shape index (κ3) is 8.83. The van der Waals surface area contributed by atoms with Gasteiger partial charge in [0.05, 0.1) is 0 Å². The minimum atomic E-state index is 0. The molecule has 0 aromatic rings. The molecule has 4 heavy (non-hydrogen) atoms. The van der Waals surface area contributed by atoms with Crippen LogP contribution < -0.4 is 46.5 Å². The summed E-state index contributed by atoms with van der Waals surface area (Å²) in [6, 6.07) is 0. The Kier molecular flexibility index (Phi) is 68.7. The molecule has 0 bridgehead atoms. The minimum Gasteiger partial charge on any atom is 1.00 e. The molecule has 0 heterocycles. The van der Waals surface area contributed by atoms with E-state index < -0.39 is 0 Å². The second-order valence-electron chi connectivity index (χ2n) is 0. The monoisotopic (exact) mass is 378 g/mol. The molecule has 0 saturated carbocycles. The smallest absolute Gasteiger partial charge is 1.00 e. The van der Waals surface area contributed by atoms with E-state index >= 15 is 0 Å². The van der Waals surface area contributed by atoms with Crippen LogP contribution >= 0.6 is 13.0 Å². The van der Waals surface area contributed by atoms with E-state index in [9.17, 15) is 0 Å². The van der Waals surface area contributed by atoms with Gasteiger partial charge in [-0.25, -0.2) is 0 Å². The van der Waals surface area contributed by atoms with Crippen molar-refractivity contribution in [3.05, 3.63) is 0 Å². The summed E-state index contributed by atoms with van der Waals surface area (Å²) in [5, 5.41) is 0. The van der Waals surface area contributed by atoms with Crippen LogP contribution in [-0.2, 0) is 18.9 Å². The van der Waals surface area contributed by atoms with E-state index in [0.717, 1.165) is 0 Å². The fraction of sp³-hybridized carbons (Fsp3) is 0. The number of hydrogen-bond donors (Lipinski definition) is 0. The first-order valence-electron chi connectivity index (χ1n) is 0.114. The normalized spacial score (nSPS) is 1.75. The van der Waals surface area contributed by atoms with Gasteiger partial charge < -0.3 is 17.0 Å². The summed E-state index contributed by atoms with van der Waals surface area (Å²) >= 11 is 4.97. The van der Waals surface area contributed by atoms with Crippen molar-refractivity contribution >= 4 is 13.0 Å². The topological polar surface area (TPSA) is 0 Å². The van der Waals surface area contributed by atoms with E-state index in [0.29, 0.717) is 0 Å². The molecular formula is AuBr2Na.